The predicted molar refractivity (Wildman–Crippen MR) is 92.8 cm³/mol. The molecule has 6 nitrogen and oxygen atoms in total. The molecule has 2 aromatic rings. The van der Waals surface area contributed by atoms with Gasteiger partial charge >= 0.3 is 0 Å². The van der Waals surface area contributed by atoms with Crippen LogP contribution in [0.5, 0.6) is 11.5 Å². The van der Waals surface area contributed by atoms with E-state index in [-0.39, 0.29) is 5.57 Å². The Morgan fingerprint density at radius 1 is 1.25 bits per heavy atom. The van der Waals surface area contributed by atoms with E-state index >= 15 is 0 Å². The Morgan fingerprint density at radius 2 is 2.00 bits per heavy atom. The van der Waals surface area contributed by atoms with Crippen LogP contribution in [-0.2, 0) is 0 Å². The minimum Gasteiger partial charge on any atom is -0.494 e. The Labute approximate surface area is 144 Å². The van der Waals surface area contributed by atoms with Crippen molar-refractivity contribution in [3.8, 4) is 34.9 Å². The van der Waals surface area contributed by atoms with Gasteiger partial charge in [0.1, 0.15) is 29.2 Å². The van der Waals surface area contributed by atoms with E-state index in [1.807, 2.05) is 37.4 Å². The van der Waals surface area contributed by atoms with E-state index in [0.717, 1.165) is 22.8 Å². The first-order valence-corrected chi connectivity index (χ1v) is 8.22. The molecule has 1 aromatic heterocycles. The van der Waals surface area contributed by atoms with Crippen LogP contribution < -0.4 is 14.8 Å². The third-order valence-electron chi connectivity index (χ3n) is 2.92. The highest BCUT2D eigenvalue weighted by Gasteiger charge is 2.12. The Bertz CT molecular complexity index is 799. The van der Waals surface area contributed by atoms with Crippen molar-refractivity contribution in [3.63, 3.8) is 0 Å². The van der Waals surface area contributed by atoms with Crippen molar-refractivity contribution >= 4 is 16.5 Å². The molecule has 0 aliphatic carbocycles. The number of anilines is 1. The molecule has 1 heterocycles. The summed E-state index contributed by atoms with van der Waals surface area (Å²) in [6.45, 7) is 4.97. The first kappa shape index (κ1) is 17.3. The van der Waals surface area contributed by atoms with Gasteiger partial charge in [0.2, 0.25) is 0 Å². The van der Waals surface area contributed by atoms with Crippen molar-refractivity contribution in [2.45, 2.75) is 13.8 Å². The van der Waals surface area contributed by atoms with E-state index in [9.17, 15) is 0 Å². The standard InChI is InChI=1S/C17H16N4O2S/c1-3-22-13-5-6-16(23-4-2)14(7-13)15-11-24-17(21-15)20-10-12(8-18)9-19/h5-7,10-11H,3-4H2,1-2H3,(H,20,21). The summed E-state index contributed by atoms with van der Waals surface area (Å²) in [5, 5.41) is 22.8. The Balaban J connectivity index is 2.31. The second-order valence-corrected chi connectivity index (χ2v) is 5.35. The molecule has 0 radical (unpaired) electrons. The molecule has 0 aliphatic heterocycles. The lowest BCUT2D eigenvalue weighted by molar-refractivity contribution is 0.331. The molecule has 0 aliphatic rings. The van der Waals surface area contributed by atoms with E-state index < -0.39 is 0 Å². The second-order valence-electron chi connectivity index (χ2n) is 4.49. The minimum absolute atomic E-state index is 0.0138. The van der Waals surface area contributed by atoms with Gasteiger partial charge in [-0.25, -0.2) is 4.98 Å². The van der Waals surface area contributed by atoms with E-state index in [1.54, 1.807) is 12.1 Å². The zero-order valence-corrected chi connectivity index (χ0v) is 14.2. The van der Waals surface area contributed by atoms with Gasteiger partial charge in [-0.3, -0.25) is 0 Å². The quantitative estimate of drug-likeness (QED) is 0.767. The molecule has 1 aromatic carbocycles. The number of rotatable bonds is 7. The van der Waals surface area contributed by atoms with Gasteiger partial charge < -0.3 is 14.8 Å². The summed E-state index contributed by atoms with van der Waals surface area (Å²) in [6, 6.07) is 9.18. The van der Waals surface area contributed by atoms with Gasteiger partial charge in [-0.05, 0) is 32.0 Å². The molecule has 24 heavy (non-hydrogen) atoms. The van der Waals surface area contributed by atoms with Crippen LogP contribution in [0.2, 0.25) is 0 Å². The fraction of sp³-hybridized carbons (Fsp3) is 0.235. The molecule has 0 atom stereocenters. The van der Waals surface area contributed by atoms with Crippen molar-refractivity contribution in [1.29, 1.82) is 10.5 Å². The van der Waals surface area contributed by atoms with Crippen LogP contribution >= 0.6 is 11.3 Å². The van der Waals surface area contributed by atoms with Gasteiger partial charge in [-0.1, -0.05) is 0 Å². The molecule has 0 fully saturated rings. The predicted octanol–water partition coefficient (Wildman–Crippen LogP) is 3.95. The topological polar surface area (TPSA) is 91.0 Å². The number of hydrogen-bond donors (Lipinski definition) is 1. The fourth-order valence-corrected chi connectivity index (χ4v) is 2.62. The lowest BCUT2D eigenvalue weighted by Gasteiger charge is -2.11. The van der Waals surface area contributed by atoms with Gasteiger partial charge in [-0.15, -0.1) is 11.3 Å². The summed E-state index contributed by atoms with van der Waals surface area (Å²) in [7, 11) is 0. The fourth-order valence-electron chi connectivity index (χ4n) is 1.93. The van der Waals surface area contributed by atoms with Gasteiger partial charge in [0.15, 0.2) is 5.13 Å². The Kier molecular flexibility index (Phi) is 6.18. The maximum Gasteiger partial charge on any atom is 0.187 e. The lowest BCUT2D eigenvalue weighted by Crippen LogP contribution is -1.97. The van der Waals surface area contributed by atoms with Crippen molar-refractivity contribution in [2.24, 2.45) is 0 Å². The number of allylic oxidation sites excluding steroid dienone is 1. The minimum atomic E-state index is -0.0138. The van der Waals surface area contributed by atoms with E-state index in [2.05, 4.69) is 10.3 Å². The van der Waals surface area contributed by atoms with Crippen molar-refractivity contribution in [1.82, 2.24) is 4.98 Å². The molecule has 0 saturated carbocycles. The van der Waals surface area contributed by atoms with Crippen LogP contribution in [0.15, 0.2) is 35.4 Å². The zero-order chi connectivity index (χ0) is 17.4. The van der Waals surface area contributed by atoms with Crippen LogP contribution in [0.4, 0.5) is 5.13 Å². The molecule has 0 spiro atoms. The summed E-state index contributed by atoms with van der Waals surface area (Å²) in [5.74, 6) is 1.47. The molecule has 0 unspecified atom stereocenters. The smallest absolute Gasteiger partial charge is 0.187 e. The first-order valence-electron chi connectivity index (χ1n) is 7.34. The average Bonchev–Trinajstić information content (AvgIpc) is 3.06. The van der Waals surface area contributed by atoms with Crippen LogP contribution in [0.1, 0.15) is 13.8 Å². The summed E-state index contributed by atoms with van der Waals surface area (Å²) in [6.07, 6.45) is 1.34. The number of benzene rings is 1. The molecule has 0 bridgehead atoms. The normalized spacial score (nSPS) is 9.50. The molecular weight excluding hydrogens is 324 g/mol. The van der Waals surface area contributed by atoms with Crippen LogP contribution in [0.25, 0.3) is 11.3 Å². The van der Waals surface area contributed by atoms with E-state index in [0.29, 0.717) is 18.3 Å². The second kappa shape index (κ2) is 8.56. The molecular formula is C17H16N4O2S. The van der Waals surface area contributed by atoms with E-state index in [4.69, 9.17) is 20.0 Å². The molecule has 122 valence electrons. The molecule has 2 rings (SSSR count). The number of ether oxygens (including phenoxy) is 2. The number of hydrogen-bond acceptors (Lipinski definition) is 7. The molecule has 0 amide bonds. The van der Waals surface area contributed by atoms with Crippen molar-refractivity contribution in [3.05, 3.63) is 35.4 Å². The molecule has 0 saturated heterocycles. The third-order valence-corrected chi connectivity index (χ3v) is 3.70. The summed E-state index contributed by atoms with van der Waals surface area (Å²) < 4.78 is 11.2. The molecule has 1 N–H and O–H groups in total. The number of nitrogens with zero attached hydrogens (tertiary/aromatic N) is 3. The highest BCUT2D eigenvalue weighted by atomic mass is 32.1. The summed E-state index contributed by atoms with van der Waals surface area (Å²) in [5.41, 5.74) is 1.55. The largest absolute Gasteiger partial charge is 0.494 e. The highest BCUT2D eigenvalue weighted by molar-refractivity contribution is 7.14. The van der Waals surface area contributed by atoms with Gasteiger partial charge in [0, 0.05) is 17.1 Å². The van der Waals surface area contributed by atoms with Gasteiger partial charge in [-0.2, -0.15) is 10.5 Å². The van der Waals surface area contributed by atoms with Crippen LogP contribution in [-0.4, -0.2) is 18.2 Å². The maximum atomic E-state index is 8.74. The Morgan fingerprint density at radius 3 is 2.67 bits per heavy atom. The highest BCUT2D eigenvalue weighted by Crippen LogP contribution is 2.35. The third kappa shape index (κ3) is 4.25. The first-order chi connectivity index (χ1) is 11.7. The number of nitrogens with one attached hydrogen (secondary N) is 1. The monoisotopic (exact) mass is 340 g/mol. The van der Waals surface area contributed by atoms with Gasteiger partial charge in [0.25, 0.3) is 0 Å². The number of thiazole rings is 1. The summed E-state index contributed by atoms with van der Waals surface area (Å²) in [4.78, 5) is 4.47. The summed E-state index contributed by atoms with van der Waals surface area (Å²) >= 11 is 1.37. The molecule has 7 heteroatoms. The zero-order valence-electron chi connectivity index (χ0n) is 13.4. The van der Waals surface area contributed by atoms with Crippen molar-refractivity contribution < 1.29 is 9.47 Å². The SMILES string of the molecule is CCOc1ccc(OCC)c(-c2csc(NC=C(C#N)C#N)n2)c1. The lowest BCUT2D eigenvalue weighted by atomic mass is 10.1. The maximum absolute atomic E-state index is 8.74. The Hall–Kier alpha value is -3.03. The van der Waals surface area contributed by atoms with Crippen molar-refractivity contribution in [2.75, 3.05) is 18.5 Å². The number of aromatic nitrogens is 1. The average molecular weight is 340 g/mol. The number of nitriles is 2. The van der Waals surface area contributed by atoms with Crippen LogP contribution in [0.3, 0.4) is 0 Å². The van der Waals surface area contributed by atoms with Crippen LogP contribution in [0, 0.1) is 22.7 Å². The van der Waals surface area contributed by atoms with E-state index in [1.165, 1.54) is 17.5 Å². The van der Waals surface area contributed by atoms with Gasteiger partial charge in [0.05, 0.1) is 18.9 Å².